The number of pyridine rings is 1. The van der Waals surface area contributed by atoms with Crippen molar-refractivity contribution in [1.82, 2.24) is 19.9 Å². The number of benzene rings is 1. The van der Waals surface area contributed by atoms with Crippen LogP contribution in [-0.4, -0.2) is 38.8 Å². The van der Waals surface area contributed by atoms with Gasteiger partial charge < -0.3 is 5.73 Å². The Bertz CT molecular complexity index is 1200. The molecule has 0 radical (unpaired) electrons. The highest BCUT2D eigenvalue weighted by Crippen LogP contribution is 2.41. The quantitative estimate of drug-likeness (QED) is 0.692. The SMILES string of the molecule is Cc1ncc(-c2cc(C3(c4cncc(C(F)F)c4)N=C(N)N(C)C3=O)ccc2F)cn1. The number of nitrogens with zero attached hydrogens (tertiary/aromatic N) is 5. The fourth-order valence-electron chi connectivity index (χ4n) is 3.46. The number of guanidine groups is 1. The predicted octanol–water partition coefficient (Wildman–Crippen LogP) is 2.95. The molecule has 1 aromatic carbocycles. The third kappa shape index (κ3) is 3.29. The Kier molecular flexibility index (Phi) is 4.92. The molecule has 1 atom stereocenters. The highest BCUT2D eigenvalue weighted by atomic mass is 19.3. The molecule has 2 N–H and O–H groups in total. The number of aromatic nitrogens is 3. The van der Waals surface area contributed by atoms with Crippen LogP contribution >= 0.6 is 0 Å². The van der Waals surface area contributed by atoms with E-state index in [1.165, 1.54) is 43.8 Å². The molecule has 0 saturated heterocycles. The Labute approximate surface area is 175 Å². The average molecular weight is 426 g/mol. The van der Waals surface area contributed by atoms with Crippen molar-refractivity contribution in [3.63, 3.8) is 0 Å². The van der Waals surface area contributed by atoms with Crippen LogP contribution < -0.4 is 5.73 Å². The van der Waals surface area contributed by atoms with Gasteiger partial charge in [-0.3, -0.25) is 14.7 Å². The largest absolute Gasteiger partial charge is 0.369 e. The normalized spacial score (nSPS) is 18.6. The summed E-state index contributed by atoms with van der Waals surface area (Å²) in [4.78, 5) is 30.8. The Morgan fingerprint density at radius 2 is 1.77 bits per heavy atom. The van der Waals surface area contributed by atoms with Gasteiger partial charge >= 0.3 is 0 Å². The molecule has 0 saturated carbocycles. The third-order valence-electron chi connectivity index (χ3n) is 5.15. The molecule has 0 fully saturated rings. The Morgan fingerprint density at radius 3 is 2.39 bits per heavy atom. The minimum Gasteiger partial charge on any atom is -0.369 e. The van der Waals surface area contributed by atoms with Crippen LogP contribution in [0.25, 0.3) is 11.1 Å². The van der Waals surface area contributed by atoms with Crippen LogP contribution in [0.4, 0.5) is 13.2 Å². The smallest absolute Gasteiger partial charge is 0.266 e. The van der Waals surface area contributed by atoms with Gasteiger partial charge in [0.25, 0.3) is 12.3 Å². The number of hydrogen-bond donors (Lipinski definition) is 1. The maximum absolute atomic E-state index is 14.7. The van der Waals surface area contributed by atoms with Crippen molar-refractivity contribution in [1.29, 1.82) is 0 Å². The molecule has 158 valence electrons. The van der Waals surface area contributed by atoms with E-state index in [0.29, 0.717) is 11.4 Å². The molecule has 1 amide bonds. The number of nitrogens with two attached hydrogens (primary N) is 1. The summed E-state index contributed by atoms with van der Waals surface area (Å²) in [5.74, 6) is -0.730. The predicted molar refractivity (Wildman–Crippen MR) is 107 cm³/mol. The van der Waals surface area contributed by atoms with Crippen molar-refractivity contribution in [2.24, 2.45) is 10.7 Å². The number of likely N-dealkylation sites (N-methyl/N-ethyl adjacent to an activating group) is 1. The van der Waals surface area contributed by atoms with Gasteiger partial charge in [0.05, 0.1) is 0 Å². The minimum atomic E-state index is -2.80. The number of hydrogen-bond acceptors (Lipinski definition) is 6. The summed E-state index contributed by atoms with van der Waals surface area (Å²) in [6.45, 7) is 1.69. The molecule has 1 aliphatic heterocycles. The first kappa shape index (κ1) is 20.5. The van der Waals surface area contributed by atoms with E-state index in [1.54, 1.807) is 6.92 Å². The van der Waals surface area contributed by atoms with Gasteiger partial charge in [0, 0.05) is 54.1 Å². The highest BCUT2D eigenvalue weighted by Gasteiger charge is 2.50. The van der Waals surface area contributed by atoms with Gasteiger partial charge in [-0.25, -0.2) is 28.1 Å². The number of carbonyl (C=O) groups excluding carboxylic acids is 1. The maximum Gasteiger partial charge on any atom is 0.266 e. The first-order chi connectivity index (χ1) is 14.7. The van der Waals surface area contributed by atoms with Gasteiger partial charge in [-0.15, -0.1) is 0 Å². The number of carbonyl (C=O) groups is 1. The molecule has 0 aliphatic carbocycles. The van der Waals surface area contributed by atoms with Crippen molar-refractivity contribution < 1.29 is 18.0 Å². The first-order valence-corrected chi connectivity index (χ1v) is 9.20. The average Bonchev–Trinajstić information content (AvgIpc) is 3.00. The van der Waals surface area contributed by atoms with Crippen LogP contribution in [0.3, 0.4) is 0 Å². The van der Waals surface area contributed by atoms with E-state index in [4.69, 9.17) is 5.73 Å². The molecule has 3 heterocycles. The molecule has 7 nitrogen and oxygen atoms in total. The molecule has 10 heteroatoms. The molecular weight excluding hydrogens is 409 g/mol. The molecule has 0 spiro atoms. The van der Waals surface area contributed by atoms with Gasteiger partial charge in [-0.1, -0.05) is 6.07 Å². The van der Waals surface area contributed by atoms with Crippen molar-refractivity contribution >= 4 is 11.9 Å². The standard InChI is InChI=1S/C21H17F3N6O/c1-11-27-8-13(9-28-11)16-6-14(3-4-17(16)22)21(19(31)30(2)20(25)29-21)15-5-12(18(23)24)7-26-10-15/h3-10,18H,1-2H3,(H2,25,29). The third-order valence-corrected chi connectivity index (χ3v) is 5.15. The zero-order valence-electron chi connectivity index (χ0n) is 16.6. The zero-order chi connectivity index (χ0) is 22.3. The Hall–Kier alpha value is -3.82. The van der Waals surface area contributed by atoms with Crippen LogP contribution in [0.5, 0.6) is 0 Å². The maximum atomic E-state index is 14.7. The molecule has 1 aliphatic rings. The summed E-state index contributed by atoms with van der Waals surface area (Å²) >= 11 is 0. The van der Waals surface area contributed by atoms with Crippen LogP contribution in [0.1, 0.15) is 28.9 Å². The Balaban J connectivity index is 1.96. The number of amides is 1. The number of halogens is 3. The van der Waals surface area contributed by atoms with Crippen LogP contribution in [0, 0.1) is 12.7 Å². The van der Waals surface area contributed by atoms with Crippen molar-refractivity contribution in [3.05, 3.63) is 77.4 Å². The molecular formula is C21H17F3N6O. The van der Waals surface area contributed by atoms with Gasteiger partial charge in [0.2, 0.25) is 0 Å². The van der Waals surface area contributed by atoms with Gasteiger partial charge in [-0.2, -0.15) is 0 Å². The highest BCUT2D eigenvalue weighted by molar-refractivity contribution is 6.09. The lowest BCUT2D eigenvalue weighted by Crippen LogP contribution is -2.41. The van der Waals surface area contributed by atoms with Crippen molar-refractivity contribution in [3.8, 4) is 11.1 Å². The lowest BCUT2D eigenvalue weighted by molar-refractivity contribution is -0.129. The Morgan fingerprint density at radius 1 is 1.06 bits per heavy atom. The minimum absolute atomic E-state index is 0.0975. The van der Waals surface area contributed by atoms with E-state index in [-0.39, 0.29) is 28.2 Å². The number of rotatable bonds is 4. The lowest BCUT2D eigenvalue weighted by Gasteiger charge is -2.26. The topological polar surface area (TPSA) is 97.4 Å². The van der Waals surface area contributed by atoms with Crippen molar-refractivity contribution in [2.75, 3.05) is 7.05 Å². The second-order valence-corrected chi connectivity index (χ2v) is 7.07. The lowest BCUT2D eigenvalue weighted by atomic mass is 9.82. The summed E-state index contributed by atoms with van der Waals surface area (Å²) in [6, 6.07) is 5.13. The van der Waals surface area contributed by atoms with Gasteiger partial charge in [-0.05, 0) is 30.7 Å². The van der Waals surface area contributed by atoms with Crippen LogP contribution in [0.15, 0.2) is 54.0 Å². The molecule has 0 bridgehead atoms. The van der Waals surface area contributed by atoms with Gasteiger partial charge in [0.1, 0.15) is 11.6 Å². The van der Waals surface area contributed by atoms with E-state index >= 15 is 0 Å². The summed E-state index contributed by atoms with van der Waals surface area (Å²) < 4.78 is 41.3. The molecule has 1 unspecified atom stereocenters. The first-order valence-electron chi connectivity index (χ1n) is 9.20. The fourth-order valence-corrected chi connectivity index (χ4v) is 3.46. The monoisotopic (exact) mass is 426 g/mol. The second kappa shape index (κ2) is 7.46. The molecule has 31 heavy (non-hydrogen) atoms. The van der Waals surface area contributed by atoms with Gasteiger partial charge in [0.15, 0.2) is 11.5 Å². The summed E-state index contributed by atoms with van der Waals surface area (Å²) in [5.41, 5.74) is 4.60. The van der Waals surface area contributed by atoms with E-state index in [2.05, 4.69) is 19.9 Å². The number of aliphatic imine (C=N–C) groups is 1. The molecule has 3 aromatic rings. The van der Waals surface area contributed by atoms with E-state index < -0.39 is 23.7 Å². The summed E-state index contributed by atoms with van der Waals surface area (Å²) in [6.07, 6.45) is 2.40. The zero-order valence-corrected chi connectivity index (χ0v) is 16.6. The summed E-state index contributed by atoms with van der Waals surface area (Å²) in [5, 5.41) is 0. The van der Waals surface area contributed by atoms with E-state index in [0.717, 1.165) is 17.2 Å². The second-order valence-electron chi connectivity index (χ2n) is 7.07. The van der Waals surface area contributed by atoms with E-state index in [9.17, 15) is 18.0 Å². The number of alkyl halides is 2. The molecule has 2 aromatic heterocycles. The summed E-state index contributed by atoms with van der Waals surface area (Å²) in [7, 11) is 1.42. The number of aryl methyl sites for hydroxylation is 1. The van der Waals surface area contributed by atoms with E-state index in [1.807, 2.05) is 0 Å². The fraction of sp³-hybridized carbons (Fsp3) is 0.190. The van der Waals surface area contributed by atoms with Crippen molar-refractivity contribution in [2.45, 2.75) is 18.9 Å². The molecule has 4 rings (SSSR count). The van der Waals surface area contributed by atoms with Crippen LogP contribution in [-0.2, 0) is 10.3 Å². The van der Waals surface area contributed by atoms with Crippen LogP contribution in [0.2, 0.25) is 0 Å².